The fraction of sp³-hybridized carbons (Fsp3) is 0.480. The van der Waals surface area contributed by atoms with Gasteiger partial charge in [-0.2, -0.15) is 0 Å². The van der Waals surface area contributed by atoms with Crippen LogP contribution in [0.15, 0.2) is 42.5 Å². The Labute approximate surface area is 188 Å². The summed E-state index contributed by atoms with van der Waals surface area (Å²) in [5.41, 5.74) is 3.83. The van der Waals surface area contributed by atoms with Crippen LogP contribution in [0.5, 0.6) is 5.75 Å². The zero-order valence-corrected chi connectivity index (χ0v) is 19.7. The SMILES string of the molecule is Cc1ccc(C(C)C)cc1OC(C)C(=O)Nc1cccc(CS(=O)C2CCOCC2)c1. The molecule has 0 aliphatic carbocycles. The highest BCUT2D eigenvalue weighted by Crippen LogP contribution is 2.25. The highest BCUT2D eigenvalue weighted by molar-refractivity contribution is 7.84. The molecule has 2 atom stereocenters. The molecule has 1 N–H and O–H groups in total. The Morgan fingerprint density at radius 1 is 1.16 bits per heavy atom. The van der Waals surface area contributed by atoms with Crippen LogP contribution in [-0.4, -0.2) is 34.7 Å². The second-order valence-corrected chi connectivity index (χ2v) is 10.2. The van der Waals surface area contributed by atoms with Crippen molar-refractivity contribution in [2.24, 2.45) is 0 Å². The van der Waals surface area contributed by atoms with Gasteiger partial charge in [0.1, 0.15) is 5.75 Å². The summed E-state index contributed by atoms with van der Waals surface area (Å²) in [4.78, 5) is 12.7. The molecule has 0 bridgehead atoms. The molecule has 1 saturated heterocycles. The van der Waals surface area contributed by atoms with Crippen LogP contribution in [0.1, 0.15) is 56.2 Å². The maximum absolute atomic E-state index is 12.7. The molecule has 31 heavy (non-hydrogen) atoms. The third-order valence-electron chi connectivity index (χ3n) is 5.60. The number of rotatable bonds is 8. The van der Waals surface area contributed by atoms with Crippen molar-refractivity contribution < 1.29 is 18.5 Å². The van der Waals surface area contributed by atoms with Gasteiger partial charge in [0.25, 0.3) is 5.91 Å². The molecule has 6 heteroatoms. The van der Waals surface area contributed by atoms with Gasteiger partial charge in [-0.25, -0.2) is 0 Å². The van der Waals surface area contributed by atoms with Crippen LogP contribution in [0.2, 0.25) is 0 Å². The topological polar surface area (TPSA) is 64.6 Å². The minimum absolute atomic E-state index is 0.185. The van der Waals surface area contributed by atoms with E-state index in [1.165, 1.54) is 5.56 Å². The molecule has 1 amide bonds. The van der Waals surface area contributed by atoms with Crippen LogP contribution in [0.3, 0.4) is 0 Å². The fourth-order valence-electron chi connectivity index (χ4n) is 3.55. The third kappa shape index (κ3) is 6.65. The molecule has 0 saturated carbocycles. The Hall–Kier alpha value is -2.18. The molecular weight excluding hydrogens is 410 g/mol. The molecule has 0 spiro atoms. The highest BCUT2D eigenvalue weighted by Gasteiger charge is 2.21. The number of nitrogens with one attached hydrogen (secondary N) is 1. The van der Waals surface area contributed by atoms with Crippen molar-refractivity contribution in [3.63, 3.8) is 0 Å². The average Bonchev–Trinajstić information content (AvgIpc) is 2.75. The first kappa shape index (κ1) is 23.5. The maximum atomic E-state index is 12.7. The highest BCUT2D eigenvalue weighted by atomic mass is 32.2. The number of anilines is 1. The molecule has 168 valence electrons. The molecule has 1 aliphatic rings. The van der Waals surface area contributed by atoms with E-state index in [9.17, 15) is 9.00 Å². The number of benzene rings is 2. The van der Waals surface area contributed by atoms with Gasteiger partial charge in [0, 0.05) is 40.7 Å². The predicted molar refractivity (Wildman–Crippen MR) is 126 cm³/mol. The summed E-state index contributed by atoms with van der Waals surface area (Å²) < 4.78 is 24.0. The van der Waals surface area contributed by atoms with Crippen molar-refractivity contribution in [1.29, 1.82) is 0 Å². The first-order valence-electron chi connectivity index (χ1n) is 11.0. The summed E-state index contributed by atoms with van der Waals surface area (Å²) in [6, 6.07) is 13.7. The smallest absolute Gasteiger partial charge is 0.265 e. The largest absolute Gasteiger partial charge is 0.481 e. The average molecular weight is 444 g/mol. The first-order chi connectivity index (χ1) is 14.8. The summed E-state index contributed by atoms with van der Waals surface area (Å²) in [6.45, 7) is 9.36. The van der Waals surface area contributed by atoms with Crippen molar-refractivity contribution in [2.45, 2.75) is 63.6 Å². The number of amides is 1. The minimum atomic E-state index is -0.940. The van der Waals surface area contributed by atoms with Gasteiger partial charge in [0.15, 0.2) is 6.10 Å². The third-order valence-corrected chi connectivity index (χ3v) is 7.43. The summed E-state index contributed by atoms with van der Waals surface area (Å²) >= 11 is 0. The van der Waals surface area contributed by atoms with Crippen molar-refractivity contribution in [3.05, 3.63) is 59.2 Å². The lowest BCUT2D eigenvalue weighted by Crippen LogP contribution is -2.30. The number of hydrogen-bond donors (Lipinski definition) is 1. The second-order valence-electron chi connectivity index (χ2n) is 8.47. The van der Waals surface area contributed by atoms with Gasteiger partial charge >= 0.3 is 0 Å². The van der Waals surface area contributed by atoms with E-state index >= 15 is 0 Å². The Morgan fingerprint density at radius 2 is 1.90 bits per heavy atom. The molecule has 1 fully saturated rings. The number of carbonyl (C=O) groups is 1. The number of hydrogen-bond acceptors (Lipinski definition) is 4. The fourth-order valence-corrected chi connectivity index (χ4v) is 5.01. The van der Waals surface area contributed by atoms with Crippen LogP contribution in [0, 0.1) is 6.92 Å². The lowest BCUT2D eigenvalue weighted by Gasteiger charge is -2.21. The van der Waals surface area contributed by atoms with Crippen molar-refractivity contribution in [3.8, 4) is 5.75 Å². The van der Waals surface area contributed by atoms with Crippen LogP contribution in [0.25, 0.3) is 0 Å². The summed E-state index contributed by atoms with van der Waals surface area (Å²) in [6.07, 6.45) is 1.05. The lowest BCUT2D eigenvalue weighted by atomic mass is 10.0. The van der Waals surface area contributed by atoms with E-state index in [0.29, 0.717) is 30.6 Å². The molecule has 1 aliphatic heterocycles. The van der Waals surface area contributed by atoms with Crippen molar-refractivity contribution in [2.75, 3.05) is 18.5 Å². The van der Waals surface area contributed by atoms with Crippen LogP contribution in [-0.2, 0) is 26.1 Å². The van der Waals surface area contributed by atoms with Crippen molar-refractivity contribution in [1.82, 2.24) is 0 Å². The van der Waals surface area contributed by atoms with Gasteiger partial charge in [-0.1, -0.05) is 38.1 Å². The van der Waals surface area contributed by atoms with Gasteiger partial charge in [-0.05, 0) is 67.5 Å². The molecule has 3 rings (SSSR count). The number of ether oxygens (including phenoxy) is 2. The van der Waals surface area contributed by atoms with Crippen LogP contribution >= 0.6 is 0 Å². The second kappa shape index (κ2) is 10.9. The van der Waals surface area contributed by atoms with Gasteiger partial charge in [-0.15, -0.1) is 0 Å². The van der Waals surface area contributed by atoms with E-state index in [1.54, 1.807) is 6.92 Å². The Morgan fingerprint density at radius 3 is 2.61 bits per heavy atom. The van der Waals surface area contributed by atoms with Gasteiger partial charge in [-0.3, -0.25) is 9.00 Å². The molecule has 2 aromatic carbocycles. The van der Waals surface area contributed by atoms with Crippen LogP contribution < -0.4 is 10.1 Å². The van der Waals surface area contributed by atoms with Gasteiger partial charge in [0.2, 0.25) is 0 Å². The van der Waals surface area contributed by atoms with E-state index in [2.05, 4.69) is 25.2 Å². The molecule has 2 unspecified atom stereocenters. The molecule has 1 heterocycles. The van der Waals surface area contributed by atoms with Crippen molar-refractivity contribution >= 4 is 22.4 Å². The molecule has 0 radical (unpaired) electrons. The Kier molecular flexibility index (Phi) is 8.27. The van der Waals surface area contributed by atoms with E-state index in [-0.39, 0.29) is 11.2 Å². The zero-order valence-electron chi connectivity index (χ0n) is 18.9. The van der Waals surface area contributed by atoms with Crippen LogP contribution in [0.4, 0.5) is 5.69 Å². The quantitative estimate of drug-likeness (QED) is 0.627. The zero-order chi connectivity index (χ0) is 22.4. The first-order valence-corrected chi connectivity index (χ1v) is 12.3. The standard InChI is InChI=1S/C25H33NO4S/c1-17(2)21-9-8-18(3)24(15-21)30-19(4)25(27)26-22-7-5-6-20(14-22)16-31(28)23-10-12-29-13-11-23/h5-9,14-15,17,19,23H,10-13,16H2,1-4H3,(H,26,27). The number of aryl methyl sites for hydroxylation is 1. The van der Waals surface area contributed by atoms with Gasteiger partial charge in [0.05, 0.1) is 0 Å². The van der Waals surface area contributed by atoms with E-state index < -0.39 is 16.9 Å². The van der Waals surface area contributed by atoms with Gasteiger partial charge < -0.3 is 14.8 Å². The lowest BCUT2D eigenvalue weighted by molar-refractivity contribution is -0.122. The molecular formula is C25H33NO4S. The normalized spacial score (nSPS) is 16.7. The van der Waals surface area contributed by atoms with E-state index in [1.807, 2.05) is 43.3 Å². The summed E-state index contributed by atoms with van der Waals surface area (Å²) in [5.74, 6) is 1.40. The minimum Gasteiger partial charge on any atom is -0.481 e. The van der Waals surface area contributed by atoms with E-state index in [4.69, 9.17) is 9.47 Å². The van der Waals surface area contributed by atoms with E-state index in [0.717, 1.165) is 29.7 Å². The molecule has 0 aromatic heterocycles. The summed E-state index contributed by atoms with van der Waals surface area (Å²) in [5, 5.41) is 3.11. The maximum Gasteiger partial charge on any atom is 0.265 e. The summed E-state index contributed by atoms with van der Waals surface area (Å²) in [7, 11) is -0.940. The Bertz CT molecular complexity index is 921. The predicted octanol–water partition coefficient (Wildman–Crippen LogP) is 4.95. The molecule has 5 nitrogen and oxygen atoms in total. The molecule has 2 aromatic rings. The monoisotopic (exact) mass is 443 g/mol. The Balaban J connectivity index is 1.60. The number of carbonyl (C=O) groups excluding carboxylic acids is 1.